The van der Waals surface area contributed by atoms with Crippen LogP contribution in [0.3, 0.4) is 0 Å². The highest BCUT2D eigenvalue weighted by molar-refractivity contribution is 6.30. The van der Waals surface area contributed by atoms with Crippen molar-refractivity contribution in [3.8, 4) is 11.1 Å². The number of ether oxygens (including phenoxy) is 1. The molecule has 12 nitrogen and oxygen atoms in total. The van der Waals surface area contributed by atoms with Crippen molar-refractivity contribution in [2.75, 3.05) is 6.54 Å². The van der Waals surface area contributed by atoms with Crippen LogP contribution in [-0.4, -0.2) is 39.8 Å². The van der Waals surface area contributed by atoms with Crippen molar-refractivity contribution >= 4 is 23.5 Å². The molecule has 0 saturated heterocycles. The number of hydrogen-bond donors (Lipinski definition) is 3. The second-order valence-corrected chi connectivity index (χ2v) is 8.60. The van der Waals surface area contributed by atoms with E-state index in [1.54, 1.807) is 18.2 Å². The van der Waals surface area contributed by atoms with Gasteiger partial charge in [-0.3, -0.25) is 15.0 Å². The SMILES string of the molecule is Cc1oc(=O)oc1COC(=O)C(O)CN(Cc1ccc(-c2cccc(Cl)c2)cc1)NC(=O)c1cc(=O)[nH]o1. The van der Waals surface area contributed by atoms with Gasteiger partial charge in [-0.05, 0) is 35.7 Å². The number of aryl methyl sites for hydroxylation is 1. The Kier molecular flexibility index (Phi) is 8.26. The first kappa shape index (κ1) is 26.7. The minimum absolute atomic E-state index is 0.00277. The average Bonchev–Trinajstić information content (AvgIpc) is 3.46. The Morgan fingerprint density at radius 2 is 1.87 bits per heavy atom. The van der Waals surface area contributed by atoms with E-state index < -0.39 is 36.0 Å². The van der Waals surface area contributed by atoms with Gasteiger partial charge in [-0.1, -0.05) is 48.0 Å². The summed E-state index contributed by atoms with van der Waals surface area (Å²) in [5.74, 6) is -2.91. The van der Waals surface area contributed by atoms with E-state index in [1.165, 1.54) is 11.9 Å². The van der Waals surface area contributed by atoms with E-state index >= 15 is 0 Å². The van der Waals surface area contributed by atoms with Crippen LogP contribution in [0.25, 0.3) is 11.1 Å². The molecule has 0 spiro atoms. The number of hydrogen-bond acceptors (Lipinski definition) is 10. The van der Waals surface area contributed by atoms with Crippen LogP contribution in [0, 0.1) is 6.92 Å². The first-order valence-corrected chi connectivity index (χ1v) is 11.6. The van der Waals surface area contributed by atoms with Crippen LogP contribution < -0.4 is 16.8 Å². The minimum atomic E-state index is -1.70. The Labute approximate surface area is 219 Å². The Balaban J connectivity index is 1.45. The Hall–Kier alpha value is -4.39. The molecule has 0 aliphatic carbocycles. The standard InChI is InChI=1S/C25H22ClN3O9/c1-14-21(37-25(34)36-14)13-35-24(33)19(30)12-29(27-23(32)20-10-22(31)28-38-20)11-15-5-7-16(8-6-15)17-3-2-4-18(26)9-17/h2-10,19,30H,11-13H2,1H3,(H,27,32)(H,28,31). The summed E-state index contributed by atoms with van der Waals surface area (Å²) in [5.41, 5.74) is 4.44. The summed E-state index contributed by atoms with van der Waals surface area (Å²) in [6.45, 7) is 0.706. The van der Waals surface area contributed by atoms with Gasteiger partial charge in [0.2, 0.25) is 5.76 Å². The second kappa shape index (κ2) is 11.8. The quantitative estimate of drug-likeness (QED) is 0.199. The van der Waals surface area contributed by atoms with E-state index in [2.05, 4.69) is 5.43 Å². The number of halogens is 1. The predicted molar refractivity (Wildman–Crippen MR) is 132 cm³/mol. The van der Waals surface area contributed by atoms with Crippen LogP contribution in [0.2, 0.25) is 5.02 Å². The van der Waals surface area contributed by atoms with Gasteiger partial charge in [0.15, 0.2) is 24.2 Å². The summed E-state index contributed by atoms with van der Waals surface area (Å²) in [6.07, 6.45) is -1.70. The fraction of sp³-hybridized carbons (Fsp3) is 0.200. The lowest BCUT2D eigenvalue weighted by Crippen LogP contribution is -2.47. The molecular weight excluding hydrogens is 522 g/mol. The highest BCUT2D eigenvalue weighted by Gasteiger charge is 2.24. The van der Waals surface area contributed by atoms with E-state index in [0.717, 1.165) is 22.8 Å². The molecule has 2 aromatic carbocycles. The minimum Gasteiger partial charge on any atom is -0.455 e. The molecule has 0 aliphatic heterocycles. The van der Waals surface area contributed by atoms with Crippen LogP contribution in [0.5, 0.6) is 0 Å². The number of nitrogens with zero attached hydrogens (tertiary/aromatic N) is 1. The molecule has 0 fully saturated rings. The third-order valence-corrected chi connectivity index (χ3v) is 5.57. The number of rotatable bonds is 10. The molecule has 4 rings (SSSR count). The summed E-state index contributed by atoms with van der Waals surface area (Å²) in [5, 5.41) is 14.3. The van der Waals surface area contributed by atoms with Crippen LogP contribution >= 0.6 is 11.6 Å². The fourth-order valence-corrected chi connectivity index (χ4v) is 3.65. The number of carbonyl (C=O) groups is 2. The fourth-order valence-electron chi connectivity index (χ4n) is 3.46. The van der Waals surface area contributed by atoms with E-state index in [-0.39, 0.29) is 30.4 Å². The van der Waals surface area contributed by atoms with E-state index in [9.17, 15) is 24.3 Å². The normalized spacial score (nSPS) is 11.9. The van der Waals surface area contributed by atoms with Gasteiger partial charge in [0.05, 0.1) is 12.6 Å². The largest absolute Gasteiger partial charge is 0.519 e. The lowest BCUT2D eigenvalue weighted by molar-refractivity contribution is -0.157. The Bertz CT molecular complexity index is 1530. The highest BCUT2D eigenvalue weighted by atomic mass is 35.5. The van der Waals surface area contributed by atoms with Crippen molar-refractivity contribution in [3.05, 3.63) is 103 Å². The van der Waals surface area contributed by atoms with Crippen LogP contribution in [-0.2, 0) is 22.7 Å². The molecule has 38 heavy (non-hydrogen) atoms. The summed E-state index contributed by atoms with van der Waals surface area (Å²) in [7, 11) is 0. The molecule has 0 aliphatic rings. The molecule has 1 unspecified atom stereocenters. The number of aliphatic hydroxyl groups excluding tert-OH is 1. The molecule has 2 aromatic heterocycles. The van der Waals surface area contributed by atoms with Crippen LogP contribution in [0.1, 0.15) is 27.6 Å². The molecule has 0 bridgehead atoms. The number of hydrazine groups is 1. The van der Waals surface area contributed by atoms with Gasteiger partial charge in [-0.15, -0.1) is 0 Å². The van der Waals surface area contributed by atoms with Gasteiger partial charge < -0.3 is 23.2 Å². The number of H-pyrrole nitrogens is 1. The summed E-state index contributed by atoms with van der Waals surface area (Å²) in [6, 6.07) is 15.6. The van der Waals surface area contributed by atoms with Gasteiger partial charge in [0.1, 0.15) is 0 Å². The van der Waals surface area contributed by atoms with Gasteiger partial charge in [0, 0.05) is 11.6 Å². The zero-order valence-electron chi connectivity index (χ0n) is 19.9. The molecule has 1 amide bonds. The first-order valence-electron chi connectivity index (χ1n) is 11.2. The lowest BCUT2D eigenvalue weighted by atomic mass is 10.0. The average molecular weight is 544 g/mol. The topological polar surface area (TPSA) is 168 Å². The van der Waals surface area contributed by atoms with Gasteiger partial charge in [-0.2, -0.15) is 5.16 Å². The van der Waals surface area contributed by atoms with E-state index in [1.807, 2.05) is 35.5 Å². The monoisotopic (exact) mass is 543 g/mol. The summed E-state index contributed by atoms with van der Waals surface area (Å²) < 4.78 is 19.3. The molecule has 198 valence electrons. The third kappa shape index (κ3) is 6.88. The molecule has 0 saturated carbocycles. The molecular formula is C25H22ClN3O9. The Morgan fingerprint density at radius 1 is 1.11 bits per heavy atom. The number of carbonyl (C=O) groups excluding carboxylic acids is 2. The number of benzene rings is 2. The van der Waals surface area contributed by atoms with Crippen molar-refractivity contribution < 1.29 is 32.8 Å². The molecule has 13 heteroatoms. The number of aromatic amines is 1. The van der Waals surface area contributed by atoms with Gasteiger partial charge in [0.25, 0.3) is 5.56 Å². The zero-order valence-corrected chi connectivity index (χ0v) is 20.7. The number of aliphatic hydroxyl groups is 1. The van der Waals surface area contributed by atoms with E-state index in [0.29, 0.717) is 5.02 Å². The number of nitrogens with one attached hydrogen (secondary N) is 2. The lowest BCUT2D eigenvalue weighted by Gasteiger charge is -2.24. The van der Waals surface area contributed by atoms with Crippen molar-refractivity contribution in [3.63, 3.8) is 0 Å². The maximum Gasteiger partial charge on any atom is 0.519 e. The smallest absolute Gasteiger partial charge is 0.455 e. The van der Waals surface area contributed by atoms with Crippen molar-refractivity contribution in [2.24, 2.45) is 0 Å². The predicted octanol–water partition coefficient (Wildman–Crippen LogP) is 2.39. The first-order chi connectivity index (χ1) is 18.2. The van der Waals surface area contributed by atoms with E-state index in [4.69, 9.17) is 29.7 Å². The van der Waals surface area contributed by atoms with Crippen LogP contribution in [0.4, 0.5) is 0 Å². The van der Waals surface area contributed by atoms with Gasteiger partial charge in [-0.25, -0.2) is 14.6 Å². The Morgan fingerprint density at radius 3 is 2.50 bits per heavy atom. The van der Waals surface area contributed by atoms with Gasteiger partial charge >= 0.3 is 17.7 Å². The maximum absolute atomic E-state index is 12.6. The maximum atomic E-state index is 12.6. The summed E-state index contributed by atoms with van der Waals surface area (Å²) in [4.78, 5) is 47.4. The molecule has 3 N–H and O–H groups in total. The summed E-state index contributed by atoms with van der Waals surface area (Å²) >= 11 is 6.07. The van der Waals surface area contributed by atoms with Crippen molar-refractivity contribution in [2.45, 2.75) is 26.2 Å². The number of aromatic nitrogens is 1. The van der Waals surface area contributed by atoms with Crippen LogP contribution in [0.15, 0.2) is 77.5 Å². The third-order valence-electron chi connectivity index (χ3n) is 5.34. The molecule has 1 atom stereocenters. The second-order valence-electron chi connectivity index (χ2n) is 8.16. The highest BCUT2D eigenvalue weighted by Crippen LogP contribution is 2.23. The number of esters is 1. The zero-order chi connectivity index (χ0) is 27.2. The van der Waals surface area contributed by atoms with Crippen molar-refractivity contribution in [1.29, 1.82) is 0 Å². The molecule has 0 radical (unpaired) electrons. The molecule has 4 aromatic rings. The number of amides is 1. The molecule has 2 heterocycles. The van der Waals surface area contributed by atoms with Crippen molar-refractivity contribution in [1.82, 2.24) is 15.6 Å².